The summed E-state index contributed by atoms with van der Waals surface area (Å²) < 4.78 is 0. The van der Waals surface area contributed by atoms with Crippen molar-refractivity contribution >= 4 is 6.72 Å². The van der Waals surface area contributed by atoms with Gasteiger partial charge in [-0.15, -0.1) is 0 Å². The minimum Gasteiger partial charge on any atom is -0.362 e. The van der Waals surface area contributed by atoms with Gasteiger partial charge in [0.05, 0.1) is 0 Å². The zero-order valence-corrected chi connectivity index (χ0v) is 5.05. The molecule has 0 saturated heterocycles. The van der Waals surface area contributed by atoms with Crippen molar-refractivity contribution in [2.24, 2.45) is 0 Å². The standard InChI is InChI=1S/C3H9N.CH2N2/c1-4(2)3;1-3-2/h1-3H3;1H2. The molecule has 0 unspecified atom stereocenters. The van der Waals surface area contributed by atoms with E-state index in [1.54, 1.807) is 0 Å². The molecule has 0 N–H and O–H groups in total. The Bertz CT molecular complexity index is 49.2. The van der Waals surface area contributed by atoms with Crippen LogP contribution < -0.4 is 0 Å². The lowest BCUT2D eigenvalue weighted by molar-refractivity contribution is 0.0110. The lowest BCUT2D eigenvalue weighted by Gasteiger charge is -1.90. The van der Waals surface area contributed by atoms with Crippen LogP contribution in [0, 0.1) is 0 Å². The maximum atomic E-state index is 7.08. The fourth-order valence-electron chi connectivity index (χ4n) is 0. The SMILES string of the molecule is C=[N+]=[N-].CN(C)C. The average molecular weight is 101 g/mol. The Kier molecular flexibility index (Phi) is 12.4. The molecule has 0 saturated carbocycles. The summed E-state index contributed by atoms with van der Waals surface area (Å²) in [5, 5.41) is 0. The van der Waals surface area contributed by atoms with Gasteiger partial charge in [0.2, 0.25) is 6.72 Å². The number of hydrogen-bond donors (Lipinski definition) is 0. The van der Waals surface area contributed by atoms with Crippen molar-refractivity contribution < 1.29 is 4.79 Å². The van der Waals surface area contributed by atoms with Gasteiger partial charge in [-0.1, -0.05) is 0 Å². The molecule has 0 aliphatic heterocycles. The van der Waals surface area contributed by atoms with Gasteiger partial charge in [-0.2, -0.15) is 4.79 Å². The smallest absolute Gasteiger partial charge is 0.245 e. The molecule has 7 heavy (non-hydrogen) atoms. The minimum absolute atomic E-state index is 2.00. The number of nitrogens with zero attached hydrogens (tertiary/aromatic N) is 3. The van der Waals surface area contributed by atoms with Crippen molar-refractivity contribution in [3.05, 3.63) is 5.53 Å². The van der Waals surface area contributed by atoms with Crippen LogP contribution in [0.4, 0.5) is 0 Å². The Morgan fingerprint density at radius 1 is 1.43 bits per heavy atom. The van der Waals surface area contributed by atoms with Gasteiger partial charge in [0.25, 0.3) is 0 Å². The van der Waals surface area contributed by atoms with E-state index in [1.807, 2.05) is 26.0 Å². The quantitative estimate of drug-likeness (QED) is 0.242. The molecule has 0 aromatic carbocycles. The van der Waals surface area contributed by atoms with Crippen molar-refractivity contribution in [3.8, 4) is 0 Å². The van der Waals surface area contributed by atoms with E-state index in [-0.39, 0.29) is 0 Å². The molecule has 0 aromatic rings. The van der Waals surface area contributed by atoms with Crippen LogP contribution in [0.5, 0.6) is 0 Å². The molecule has 3 nitrogen and oxygen atoms in total. The molecule has 0 heterocycles. The monoisotopic (exact) mass is 101 g/mol. The molecule has 0 atom stereocenters. The zero-order chi connectivity index (χ0) is 6.28. The first-order valence-electron chi connectivity index (χ1n) is 1.86. The maximum Gasteiger partial charge on any atom is 0.245 e. The van der Waals surface area contributed by atoms with E-state index in [4.69, 9.17) is 5.53 Å². The molecule has 0 rings (SSSR count). The molecular formula is C4H11N3. The first-order valence-corrected chi connectivity index (χ1v) is 1.86. The van der Waals surface area contributed by atoms with Crippen molar-refractivity contribution in [2.75, 3.05) is 21.1 Å². The summed E-state index contributed by atoms with van der Waals surface area (Å²) in [6.45, 7) is 2.67. The molecule has 0 aliphatic rings. The van der Waals surface area contributed by atoms with Crippen LogP contribution in [0.1, 0.15) is 0 Å². The summed E-state index contributed by atoms with van der Waals surface area (Å²) in [6.07, 6.45) is 0. The topological polar surface area (TPSA) is 39.6 Å². The third kappa shape index (κ3) is 137. The van der Waals surface area contributed by atoms with Crippen molar-refractivity contribution in [1.29, 1.82) is 0 Å². The van der Waals surface area contributed by atoms with E-state index >= 15 is 0 Å². The maximum absolute atomic E-state index is 7.08. The van der Waals surface area contributed by atoms with E-state index in [0.717, 1.165) is 0 Å². The first-order chi connectivity index (χ1) is 3.15. The summed E-state index contributed by atoms with van der Waals surface area (Å²) in [5.41, 5.74) is 7.08. The average Bonchev–Trinajstić information content (AvgIpc) is 1.33. The second kappa shape index (κ2) is 9.02. The Labute approximate surface area is 44.2 Å². The Balaban J connectivity index is 0. The lowest BCUT2D eigenvalue weighted by atomic mass is 11.0. The van der Waals surface area contributed by atoms with E-state index < -0.39 is 0 Å². The predicted molar refractivity (Wildman–Crippen MR) is 30.4 cm³/mol. The van der Waals surface area contributed by atoms with Crippen LogP contribution in [-0.2, 0) is 0 Å². The van der Waals surface area contributed by atoms with E-state index in [9.17, 15) is 0 Å². The van der Waals surface area contributed by atoms with Gasteiger partial charge in [-0.3, -0.25) is 0 Å². The second-order valence-corrected chi connectivity index (χ2v) is 1.48. The third-order valence-electron chi connectivity index (χ3n) is 0. The zero-order valence-electron chi connectivity index (χ0n) is 5.05. The van der Waals surface area contributed by atoms with Crippen LogP contribution in [0.3, 0.4) is 0 Å². The molecule has 0 spiro atoms. The highest BCUT2D eigenvalue weighted by Crippen LogP contribution is 1.47. The summed E-state index contributed by atoms with van der Waals surface area (Å²) in [6, 6.07) is 0. The fourth-order valence-corrected chi connectivity index (χ4v) is 0. The highest BCUT2D eigenvalue weighted by Gasteiger charge is 1.58. The molecule has 3 heteroatoms. The molecule has 0 fully saturated rings. The first kappa shape index (κ1) is 9.60. The summed E-state index contributed by atoms with van der Waals surface area (Å²) in [7, 11) is 6.00. The third-order valence-corrected chi connectivity index (χ3v) is 0. The van der Waals surface area contributed by atoms with Crippen molar-refractivity contribution in [2.45, 2.75) is 0 Å². The van der Waals surface area contributed by atoms with Crippen LogP contribution in [0.2, 0.25) is 0 Å². The van der Waals surface area contributed by atoms with Crippen molar-refractivity contribution in [1.82, 2.24) is 4.90 Å². The van der Waals surface area contributed by atoms with E-state index in [0.29, 0.717) is 0 Å². The second-order valence-electron chi connectivity index (χ2n) is 1.48. The minimum atomic E-state index is 2.00. The van der Waals surface area contributed by atoms with E-state index in [2.05, 4.69) is 11.5 Å². The van der Waals surface area contributed by atoms with Crippen LogP contribution in [0.15, 0.2) is 0 Å². The highest BCUT2D eigenvalue weighted by atomic mass is 15.0. The van der Waals surface area contributed by atoms with Crippen LogP contribution in [0.25, 0.3) is 5.53 Å². The lowest BCUT2D eigenvalue weighted by Crippen LogP contribution is -1.99. The molecule has 0 aromatic heterocycles. The van der Waals surface area contributed by atoms with Gasteiger partial charge in [0, 0.05) is 0 Å². The van der Waals surface area contributed by atoms with Gasteiger partial charge < -0.3 is 10.4 Å². The van der Waals surface area contributed by atoms with Gasteiger partial charge >= 0.3 is 0 Å². The van der Waals surface area contributed by atoms with Crippen molar-refractivity contribution in [3.63, 3.8) is 0 Å². The largest absolute Gasteiger partial charge is 0.362 e. The fraction of sp³-hybridized carbons (Fsp3) is 0.750. The van der Waals surface area contributed by atoms with Gasteiger partial charge in [-0.05, 0) is 21.1 Å². The molecule has 0 radical (unpaired) electrons. The van der Waals surface area contributed by atoms with E-state index in [1.165, 1.54) is 0 Å². The van der Waals surface area contributed by atoms with Crippen LogP contribution in [-0.4, -0.2) is 37.6 Å². The molecular weight excluding hydrogens is 90.1 g/mol. The predicted octanol–water partition coefficient (Wildman–Crippen LogP) is 0.0946. The van der Waals surface area contributed by atoms with Gasteiger partial charge in [0.1, 0.15) is 0 Å². The van der Waals surface area contributed by atoms with Gasteiger partial charge in [-0.25, -0.2) is 0 Å². The Hall–Kier alpha value is -0.660. The number of hydrogen-bond acceptors (Lipinski definition) is 1. The Morgan fingerprint density at radius 2 is 1.43 bits per heavy atom. The molecule has 0 amide bonds. The van der Waals surface area contributed by atoms with Gasteiger partial charge in [0.15, 0.2) is 0 Å². The molecule has 0 bridgehead atoms. The summed E-state index contributed by atoms with van der Waals surface area (Å²) >= 11 is 0. The highest BCUT2D eigenvalue weighted by molar-refractivity contribution is 5.12. The number of rotatable bonds is 0. The Morgan fingerprint density at radius 3 is 1.43 bits per heavy atom. The normalized spacial score (nSPS) is 6.29. The summed E-state index contributed by atoms with van der Waals surface area (Å²) in [4.78, 5) is 4.25. The molecule has 42 valence electrons. The van der Waals surface area contributed by atoms with Crippen LogP contribution >= 0.6 is 0 Å². The molecule has 0 aliphatic carbocycles. The summed E-state index contributed by atoms with van der Waals surface area (Å²) in [5.74, 6) is 0.